The highest BCUT2D eigenvalue weighted by molar-refractivity contribution is 6.30. The second-order valence-electron chi connectivity index (χ2n) is 3.47. The molecule has 0 atom stereocenters. The van der Waals surface area contributed by atoms with Crippen molar-refractivity contribution < 1.29 is 0 Å². The van der Waals surface area contributed by atoms with E-state index in [1.54, 1.807) is 0 Å². The smallest absolute Gasteiger partial charge is 0.200 e. The van der Waals surface area contributed by atoms with Crippen LogP contribution in [0.25, 0.3) is 11.3 Å². The lowest BCUT2D eigenvalue weighted by atomic mass is 10.1. The van der Waals surface area contributed by atoms with Crippen molar-refractivity contribution in [1.29, 1.82) is 0 Å². The summed E-state index contributed by atoms with van der Waals surface area (Å²) in [6.45, 7) is 1.99. The molecule has 0 saturated carbocycles. The molecule has 2 rings (SSSR count). The van der Waals surface area contributed by atoms with E-state index in [2.05, 4.69) is 4.98 Å². The molecule has 4 heteroatoms. The van der Waals surface area contributed by atoms with Crippen molar-refractivity contribution in [3.05, 3.63) is 35.0 Å². The van der Waals surface area contributed by atoms with Gasteiger partial charge in [0.15, 0.2) is 0 Å². The normalized spacial score (nSPS) is 10.6. The summed E-state index contributed by atoms with van der Waals surface area (Å²) in [4.78, 5) is 4.31. The van der Waals surface area contributed by atoms with Gasteiger partial charge in [-0.1, -0.05) is 23.7 Å². The van der Waals surface area contributed by atoms with Crippen LogP contribution in [0.2, 0.25) is 5.02 Å². The van der Waals surface area contributed by atoms with Crippen LogP contribution in [0.1, 0.15) is 5.69 Å². The number of nitrogens with zero attached hydrogens (tertiary/aromatic N) is 2. The minimum Gasteiger partial charge on any atom is -0.369 e. The SMILES string of the molecule is Cc1c(-c2ccc(Cl)cc2)nc(N)n1C. The van der Waals surface area contributed by atoms with Gasteiger partial charge in [0, 0.05) is 23.3 Å². The first-order valence-corrected chi connectivity index (χ1v) is 5.02. The lowest BCUT2D eigenvalue weighted by Gasteiger charge is -2.00. The van der Waals surface area contributed by atoms with Crippen molar-refractivity contribution in [2.75, 3.05) is 5.73 Å². The zero-order chi connectivity index (χ0) is 11.0. The molecule has 1 aromatic heterocycles. The van der Waals surface area contributed by atoms with Crippen LogP contribution in [0, 0.1) is 6.92 Å². The van der Waals surface area contributed by atoms with Crippen LogP contribution in [0.4, 0.5) is 5.95 Å². The van der Waals surface area contributed by atoms with Crippen LogP contribution >= 0.6 is 11.6 Å². The standard InChI is InChI=1S/C11H12ClN3/c1-7-10(14-11(13)15(7)2)8-3-5-9(12)6-4-8/h3-6H,1-2H3,(H2,13,14). The highest BCUT2D eigenvalue weighted by Gasteiger charge is 2.10. The van der Waals surface area contributed by atoms with Crippen LogP contribution in [-0.2, 0) is 7.05 Å². The lowest BCUT2D eigenvalue weighted by molar-refractivity contribution is 0.889. The van der Waals surface area contributed by atoms with Crippen molar-refractivity contribution in [2.45, 2.75) is 6.92 Å². The molecule has 0 aliphatic rings. The number of imidazole rings is 1. The van der Waals surface area contributed by atoms with Crippen molar-refractivity contribution in [3.63, 3.8) is 0 Å². The third-order valence-corrected chi connectivity index (χ3v) is 2.79. The van der Waals surface area contributed by atoms with Gasteiger partial charge in [0.1, 0.15) is 0 Å². The first-order valence-electron chi connectivity index (χ1n) is 4.64. The quantitative estimate of drug-likeness (QED) is 0.805. The second-order valence-corrected chi connectivity index (χ2v) is 3.91. The molecule has 2 aromatic rings. The van der Waals surface area contributed by atoms with E-state index in [4.69, 9.17) is 17.3 Å². The van der Waals surface area contributed by atoms with Gasteiger partial charge in [0.05, 0.1) is 5.69 Å². The van der Waals surface area contributed by atoms with E-state index in [1.807, 2.05) is 42.8 Å². The summed E-state index contributed by atoms with van der Waals surface area (Å²) >= 11 is 5.83. The maximum Gasteiger partial charge on any atom is 0.200 e. The summed E-state index contributed by atoms with van der Waals surface area (Å²) in [6, 6.07) is 7.58. The molecule has 0 amide bonds. The van der Waals surface area contributed by atoms with Crippen LogP contribution in [0.3, 0.4) is 0 Å². The van der Waals surface area contributed by atoms with Gasteiger partial charge in [-0.2, -0.15) is 0 Å². The Kier molecular flexibility index (Phi) is 2.40. The van der Waals surface area contributed by atoms with Crippen molar-refractivity contribution in [1.82, 2.24) is 9.55 Å². The fourth-order valence-corrected chi connectivity index (χ4v) is 1.61. The fourth-order valence-electron chi connectivity index (χ4n) is 1.48. The molecule has 0 spiro atoms. The molecule has 0 aliphatic heterocycles. The van der Waals surface area contributed by atoms with Crippen LogP contribution in [0.15, 0.2) is 24.3 Å². The van der Waals surface area contributed by atoms with Crippen molar-refractivity contribution in [2.24, 2.45) is 7.05 Å². The minimum absolute atomic E-state index is 0.525. The maximum absolute atomic E-state index is 5.83. The van der Waals surface area contributed by atoms with E-state index >= 15 is 0 Å². The molecule has 78 valence electrons. The third-order valence-electron chi connectivity index (χ3n) is 2.53. The minimum atomic E-state index is 0.525. The van der Waals surface area contributed by atoms with E-state index in [0.717, 1.165) is 22.0 Å². The Morgan fingerprint density at radius 2 is 1.87 bits per heavy atom. The number of hydrogen-bond acceptors (Lipinski definition) is 2. The Hall–Kier alpha value is -1.48. The summed E-state index contributed by atoms with van der Waals surface area (Å²) < 4.78 is 1.87. The van der Waals surface area contributed by atoms with Crippen molar-refractivity contribution in [3.8, 4) is 11.3 Å². The van der Waals surface area contributed by atoms with Gasteiger partial charge < -0.3 is 10.3 Å². The number of nitrogen functional groups attached to an aromatic ring is 1. The van der Waals surface area contributed by atoms with Gasteiger partial charge in [-0.05, 0) is 19.1 Å². The molecule has 0 saturated heterocycles. The zero-order valence-corrected chi connectivity index (χ0v) is 9.42. The Morgan fingerprint density at radius 3 is 2.33 bits per heavy atom. The van der Waals surface area contributed by atoms with E-state index in [-0.39, 0.29) is 0 Å². The topological polar surface area (TPSA) is 43.8 Å². The average molecular weight is 222 g/mol. The molecule has 1 heterocycles. The Morgan fingerprint density at radius 1 is 1.27 bits per heavy atom. The van der Waals surface area contributed by atoms with Gasteiger partial charge >= 0.3 is 0 Å². The number of aromatic nitrogens is 2. The average Bonchev–Trinajstić information content (AvgIpc) is 2.47. The van der Waals surface area contributed by atoms with Gasteiger partial charge in [0.25, 0.3) is 0 Å². The summed E-state index contributed by atoms with van der Waals surface area (Å²) in [5, 5.41) is 0.723. The van der Waals surface area contributed by atoms with Gasteiger partial charge in [0.2, 0.25) is 5.95 Å². The molecule has 0 fully saturated rings. The molecule has 2 N–H and O–H groups in total. The number of hydrogen-bond donors (Lipinski definition) is 1. The van der Waals surface area contributed by atoms with E-state index in [9.17, 15) is 0 Å². The summed E-state index contributed by atoms with van der Waals surface area (Å²) in [6.07, 6.45) is 0. The number of rotatable bonds is 1. The largest absolute Gasteiger partial charge is 0.369 e. The van der Waals surface area contributed by atoms with Crippen molar-refractivity contribution >= 4 is 17.5 Å². The first kappa shape index (κ1) is 10.1. The number of anilines is 1. The van der Waals surface area contributed by atoms with Crippen LogP contribution < -0.4 is 5.73 Å². The van der Waals surface area contributed by atoms with Gasteiger partial charge in [-0.15, -0.1) is 0 Å². The second kappa shape index (κ2) is 3.59. The Labute approximate surface area is 93.5 Å². The molecule has 3 nitrogen and oxygen atoms in total. The van der Waals surface area contributed by atoms with Crippen LogP contribution in [0.5, 0.6) is 0 Å². The monoisotopic (exact) mass is 221 g/mol. The molecule has 1 aromatic carbocycles. The molecule has 0 bridgehead atoms. The summed E-state index contributed by atoms with van der Waals surface area (Å²) in [5.74, 6) is 0.525. The molecular weight excluding hydrogens is 210 g/mol. The predicted octanol–water partition coefficient (Wildman–Crippen LogP) is 2.63. The van der Waals surface area contributed by atoms with Crippen LogP contribution in [-0.4, -0.2) is 9.55 Å². The number of nitrogens with two attached hydrogens (primary N) is 1. The highest BCUT2D eigenvalue weighted by atomic mass is 35.5. The highest BCUT2D eigenvalue weighted by Crippen LogP contribution is 2.24. The summed E-state index contributed by atoms with van der Waals surface area (Å²) in [7, 11) is 1.90. The molecular formula is C11H12ClN3. The zero-order valence-electron chi connectivity index (χ0n) is 8.66. The van der Waals surface area contributed by atoms with Gasteiger partial charge in [-0.3, -0.25) is 0 Å². The van der Waals surface area contributed by atoms with Gasteiger partial charge in [-0.25, -0.2) is 4.98 Å². The maximum atomic E-state index is 5.83. The number of halogens is 1. The molecule has 0 aliphatic carbocycles. The molecule has 15 heavy (non-hydrogen) atoms. The number of benzene rings is 1. The van der Waals surface area contributed by atoms with E-state index in [1.165, 1.54) is 0 Å². The Balaban J connectivity index is 2.54. The predicted molar refractivity (Wildman–Crippen MR) is 62.8 cm³/mol. The first-order chi connectivity index (χ1) is 7.09. The third kappa shape index (κ3) is 1.70. The fraction of sp³-hybridized carbons (Fsp3) is 0.182. The Bertz CT molecular complexity index is 485. The molecule has 0 radical (unpaired) electrons. The summed E-state index contributed by atoms with van der Waals surface area (Å²) in [5.41, 5.74) is 8.73. The van der Waals surface area contributed by atoms with E-state index < -0.39 is 0 Å². The van der Waals surface area contributed by atoms with E-state index in [0.29, 0.717) is 5.95 Å². The molecule has 0 unspecified atom stereocenters. The lowest BCUT2D eigenvalue weighted by Crippen LogP contribution is -1.97.